The Kier molecular flexibility index (Phi) is 3.64. The molecule has 18 heavy (non-hydrogen) atoms. The predicted molar refractivity (Wildman–Crippen MR) is 67.4 cm³/mol. The number of nitro groups is 1. The molecule has 1 aromatic rings. The molecule has 1 saturated carbocycles. The lowest BCUT2D eigenvalue weighted by Crippen LogP contribution is -2.23. The number of aromatic nitrogens is 1. The lowest BCUT2D eigenvalue weighted by atomic mass is 9.89. The van der Waals surface area contributed by atoms with Gasteiger partial charge in [0.05, 0.1) is 4.92 Å². The van der Waals surface area contributed by atoms with Gasteiger partial charge in [-0.2, -0.15) is 4.98 Å². The summed E-state index contributed by atoms with van der Waals surface area (Å²) in [4.78, 5) is 14.0. The number of rotatable bonds is 3. The summed E-state index contributed by atoms with van der Waals surface area (Å²) in [7, 11) is 0. The quantitative estimate of drug-likeness (QED) is 0.658. The summed E-state index contributed by atoms with van der Waals surface area (Å²) in [6.45, 7) is 2.23. The van der Waals surface area contributed by atoms with Crippen LogP contribution < -0.4 is 10.5 Å². The largest absolute Gasteiger partial charge is 0.474 e. The van der Waals surface area contributed by atoms with E-state index in [1.54, 1.807) is 0 Å². The van der Waals surface area contributed by atoms with Gasteiger partial charge in [0.15, 0.2) is 0 Å². The highest BCUT2D eigenvalue weighted by atomic mass is 16.6. The molecule has 0 unspecified atom stereocenters. The summed E-state index contributed by atoms with van der Waals surface area (Å²) in [6, 6.07) is 2.84. The first kappa shape index (κ1) is 12.6. The molecule has 2 N–H and O–H groups in total. The van der Waals surface area contributed by atoms with Crippen LogP contribution in [0.4, 0.5) is 11.5 Å². The van der Waals surface area contributed by atoms with Crippen LogP contribution in [0.1, 0.15) is 32.6 Å². The molecule has 98 valence electrons. The third kappa shape index (κ3) is 2.88. The fourth-order valence-electron chi connectivity index (χ4n) is 2.19. The third-order valence-corrected chi connectivity index (χ3v) is 3.32. The number of hydrogen-bond acceptors (Lipinski definition) is 5. The maximum absolute atomic E-state index is 10.6. The highest BCUT2D eigenvalue weighted by Gasteiger charge is 2.21. The van der Waals surface area contributed by atoms with Gasteiger partial charge in [-0.25, -0.2) is 0 Å². The summed E-state index contributed by atoms with van der Waals surface area (Å²) in [5.74, 6) is 1.03. The van der Waals surface area contributed by atoms with Gasteiger partial charge in [-0.1, -0.05) is 6.92 Å². The maximum Gasteiger partial charge on any atom is 0.311 e. The molecule has 1 aliphatic rings. The minimum atomic E-state index is -0.547. The number of nitrogens with two attached hydrogens (primary N) is 1. The molecule has 0 bridgehead atoms. The zero-order valence-electron chi connectivity index (χ0n) is 10.3. The van der Waals surface area contributed by atoms with Crippen molar-refractivity contribution in [2.45, 2.75) is 38.7 Å². The standard InChI is InChI=1S/C12H17N3O3/c1-8-2-4-9(5-3-8)18-11-7-6-10(15(16)17)12(13)14-11/h6-9H,2-5H2,1H3,(H2,13,14). The molecule has 0 aliphatic heterocycles. The van der Waals surface area contributed by atoms with E-state index in [9.17, 15) is 10.1 Å². The summed E-state index contributed by atoms with van der Waals surface area (Å²) in [5.41, 5.74) is 5.34. The second kappa shape index (κ2) is 5.20. The number of hydrogen-bond donors (Lipinski definition) is 1. The van der Waals surface area contributed by atoms with Crippen molar-refractivity contribution in [2.75, 3.05) is 5.73 Å². The maximum atomic E-state index is 10.6. The van der Waals surface area contributed by atoms with Gasteiger partial charge in [0.2, 0.25) is 11.7 Å². The summed E-state index contributed by atoms with van der Waals surface area (Å²) < 4.78 is 5.71. The van der Waals surface area contributed by atoms with Crippen LogP contribution >= 0.6 is 0 Å². The van der Waals surface area contributed by atoms with Gasteiger partial charge in [-0.05, 0) is 31.6 Å². The molecule has 2 rings (SSSR count). The van der Waals surface area contributed by atoms with E-state index in [2.05, 4.69) is 11.9 Å². The minimum absolute atomic E-state index is 0.0957. The molecule has 6 nitrogen and oxygen atoms in total. The predicted octanol–water partition coefficient (Wildman–Crippen LogP) is 2.53. The van der Waals surface area contributed by atoms with Crippen LogP contribution in [0, 0.1) is 16.0 Å². The molecule has 0 spiro atoms. The van der Waals surface area contributed by atoms with Gasteiger partial charge in [0.1, 0.15) is 6.10 Å². The van der Waals surface area contributed by atoms with Gasteiger partial charge in [-0.15, -0.1) is 0 Å². The van der Waals surface area contributed by atoms with Crippen molar-refractivity contribution >= 4 is 11.5 Å². The SMILES string of the molecule is CC1CCC(Oc2ccc([N+](=O)[O-])c(N)n2)CC1. The average Bonchev–Trinajstić information content (AvgIpc) is 2.32. The van der Waals surface area contributed by atoms with Gasteiger partial charge in [0, 0.05) is 12.1 Å². The molecule has 1 fully saturated rings. The van der Waals surface area contributed by atoms with Gasteiger partial charge in [-0.3, -0.25) is 10.1 Å². The molecule has 0 saturated heterocycles. The molecule has 1 aliphatic carbocycles. The van der Waals surface area contributed by atoms with Crippen molar-refractivity contribution in [1.82, 2.24) is 4.98 Å². The fourth-order valence-corrected chi connectivity index (χ4v) is 2.19. The van der Waals surface area contributed by atoms with Crippen LogP contribution in [0.15, 0.2) is 12.1 Å². The number of ether oxygens (including phenoxy) is 1. The second-order valence-corrected chi connectivity index (χ2v) is 4.81. The molecule has 0 aromatic carbocycles. The van der Waals surface area contributed by atoms with E-state index in [0.29, 0.717) is 5.88 Å². The smallest absolute Gasteiger partial charge is 0.311 e. The molecule has 6 heteroatoms. The van der Waals surface area contributed by atoms with E-state index in [1.165, 1.54) is 12.1 Å². The van der Waals surface area contributed by atoms with E-state index in [1.807, 2.05) is 0 Å². The number of anilines is 1. The van der Waals surface area contributed by atoms with Crippen molar-refractivity contribution in [3.8, 4) is 5.88 Å². The van der Waals surface area contributed by atoms with Crippen LogP contribution in [0.2, 0.25) is 0 Å². The summed E-state index contributed by atoms with van der Waals surface area (Å²) >= 11 is 0. The van der Waals surface area contributed by atoms with E-state index in [-0.39, 0.29) is 17.6 Å². The normalized spacial score (nSPS) is 23.6. The Hall–Kier alpha value is -1.85. The highest BCUT2D eigenvalue weighted by molar-refractivity contribution is 5.53. The van der Waals surface area contributed by atoms with Gasteiger partial charge < -0.3 is 10.5 Å². The first-order chi connectivity index (χ1) is 8.56. The van der Waals surface area contributed by atoms with Gasteiger partial charge >= 0.3 is 5.69 Å². The molecule has 1 aromatic heterocycles. The zero-order chi connectivity index (χ0) is 13.1. The lowest BCUT2D eigenvalue weighted by molar-refractivity contribution is -0.384. The third-order valence-electron chi connectivity index (χ3n) is 3.32. The Morgan fingerprint density at radius 3 is 2.61 bits per heavy atom. The monoisotopic (exact) mass is 251 g/mol. The number of nitrogen functional groups attached to an aromatic ring is 1. The van der Waals surface area contributed by atoms with Crippen LogP contribution in [0.25, 0.3) is 0 Å². The lowest BCUT2D eigenvalue weighted by Gasteiger charge is -2.26. The Labute approximate surface area is 105 Å². The van der Waals surface area contributed by atoms with Crippen molar-refractivity contribution in [2.24, 2.45) is 5.92 Å². The van der Waals surface area contributed by atoms with E-state index >= 15 is 0 Å². The molecule has 1 heterocycles. The zero-order valence-corrected chi connectivity index (χ0v) is 10.3. The Balaban J connectivity index is 2.02. The minimum Gasteiger partial charge on any atom is -0.474 e. The fraction of sp³-hybridized carbons (Fsp3) is 0.583. The van der Waals surface area contributed by atoms with Crippen molar-refractivity contribution in [3.63, 3.8) is 0 Å². The average molecular weight is 251 g/mol. The Morgan fingerprint density at radius 1 is 1.39 bits per heavy atom. The number of pyridine rings is 1. The van der Waals surface area contributed by atoms with E-state index in [0.717, 1.165) is 31.6 Å². The summed E-state index contributed by atoms with van der Waals surface area (Å²) in [6.07, 6.45) is 4.44. The first-order valence-electron chi connectivity index (χ1n) is 6.14. The van der Waals surface area contributed by atoms with Crippen molar-refractivity contribution in [3.05, 3.63) is 22.2 Å². The van der Waals surface area contributed by atoms with E-state index in [4.69, 9.17) is 10.5 Å². The molecule has 0 radical (unpaired) electrons. The molecule has 0 amide bonds. The molecule has 0 atom stereocenters. The van der Waals surface area contributed by atoms with Crippen molar-refractivity contribution in [1.29, 1.82) is 0 Å². The molecular weight excluding hydrogens is 234 g/mol. The Bertz CT molecular complexity index is 442. The first-order valence-corrected chi connectivity index (χ1v) is 6.14. The van der Waals surface area contributed by atoms with Crippen LogP contribution in [0.3, 0.4) is 0 Å². The van der Waals surface area contributed by atoms with Gasteiger partial charge in [0.25, 0.3) is 0 Å². The highest BCUT2D eigenvalue weighted by Crippen LogP contribution is 2.28. The summed E-state index contributed by atoms with van der Waals surface area (Å²) in [5, 5.41) is 10.6. The number of nitrogens with zero attached hydrogens (tertiary/aromatic N) is 2. The second-order valence-electron chi connectivity index (χ2n) is 4.81. The van der Waals surface area contributed by atoms with Crippen LogP contribution in [0.5, 0.6) is 5.88 Å². The van der Waals surface area contributed by atoms with Crippen molar-refractivity contribution < 1.29 is 9.66 Å². The van der Waals surface area contributed by atoms with Crippen LogP contribution in [-0.4, -0.2) is 16.0 Å². The Morgan fingerprint density at radius 2 is 2.06 bits per heavy atom. The van der Waals surface area contributed by atoms with E-state index < -0.39 is 4.92 Å². The van der Waals surface area contributed by atoms with Crippen LogP contribution in [-0.2, 0) is 0 Å². The topological polar surface area (TPSA) is 91.3 Å². The molecular formula is C12H17N3O3.